The minimum Gasteiger partial charge on any atom is -0.480 e. The molecule has 5 nitrogen and oxygen atoms in total. The summed E-state index contributed by atoms with van der Waals surface area (Å²) in [7, 11) is 4.82. The lowest BCUT2D eigenvalue weighted by atomic mass is 10.4. The zero-order valence-corrected chi connectivity index (χ0v) is 7.81. The van der Waals surface area contributed by atoms with Crippen molar-refractivity contribution in [3.63, 3.8) is 0 Å². The van der Waals surface area contributed by atoms with Gasteiger partial charge < -0.3 is 9.64 Å². The predicted octanol–water partition coefficient (Wildman–Crippen LogP) is 0.187. The van der Waals surface area contributed by atoms with Crippen LogP contribution in [0.3, 0.4) is 0 Å². The first kappa shape index (κ1) is 9.44. The number of hydrogen-bond donors (Lipinski definition) is 0. The third-order valence-corrected chi connectivity index (χ3v) is 1.46. The molecule has 1 rings (SSSR count). The summed E-state index contributed by atoms with van der Waals surface area (Å²) >= 11 is 0. The van der Waals surface area contributed by atoms with E-state index < -0.39 is 0 Å². The second-order valence-electron chi connectivity index (χ2n) is 2.64. The van der Waals surface area contributed by atoms with E-state index in [2.05, 4.69) is 9.97 Å². The SMILES string of the molecule is COc1cnc(C(=O)N(C)C)cn1. The normalized spacial score (nSPS) is 9.46. The van der Waals surface area contributed by atoms with Crippen molar-refractivity contribution < 1.29 is 9.53 Å². The highest BCUT2D eigenvalue weighted by atomic mass is 16.5. The van der Waals surface area contributed by atoms with Crippen LogP contribution in [-0.2, 0) is 0 Å². The molecular weight excluding hydrogens is 170 g/mol. The maximum absolute atomic E-state index is 11.3. The molecule has 13 heavy (non-hydrogen) atoms. The molecule has 0 fully saturated rings. The van der Waals surface area contributed by atoms with Crippen LogP contribution in [0.2, 0.25) is 0 Å². The van der Waals surface area contributed by atoms with Gasteiger partial charge in [-0.15, -0.1) is 0 Å². The Morgan fingerprint density at radius 3 is 2.46 bits per heavy atom. The van der Waals surface area contributed by atoms with Gasteiger partial charge >= 0.3 is 0 Å². The quantitative estimate of drug-likeness (QED) is 0.653. The third-order valence-electron chi connectivity index (χ3n) is 1.46. The molecule has 5 heteroatoms. The largest absolute Gasteiger partial charge is 0.480 e. The zero-order valence-electron chi connectivity index (χ0n) is 7.81. The molecule has 0 saturated heterocycles. The summed E-state index contributed by atoms with van der Waals surface area (Å²) in [6, 6.07) is 0. The monoisotopic (exact) mass is 181 g/mol. The summed E-state index contributed by atoms with van der Waals surface area (Å²) in [6.07, 6.45) is 2.80. The van der Waals surface area contributed by atoms with Gasteiger partial charge in [-0.05, 0) is 0 Å². The molecule has 0 unspecified atom stereocenters. The molecule has 0 saturated carbocycles. The maximum Gasteiger partial charge on any atom is 0.273 e. The minimum atomic E-state index is -0.171. The lowest BCUT2D eigenvalue weighted by molar-refractivity contribution is 0.0821. The molecule has 0 aliphatic heterocycles. The molecule has 0 radical (unpaired) electrons. The molecular formula is C8H11N3O2. The summed E-state index contributed by atoms with van der Waals surface area (Å²) in [6.45, 7) is 0. The van der Waals surface area contributed by atoms with Gasteiger partial charge in [-0.25, -0.2) is 9.97 Å². The van der Waals surface area contributed by atoms with Crippen LogP contribution in [0.1, 0.15) is 10.5 Å². The molecule has 1 amide bonds. The van der Waals surface area contributed by atoms with Crippen molar-refractivity contribution in [2.75, 3.05) is 21.2 Å². The molecule has 1 heterocycles. The number of nitrogens with zero attached hydrogens (tertiary/aromatic N) is 3. The second kappa shape index (κ2) is 3.84. The van der Waals surface area contributed by atoms with Crippen LogP contribution in [0, 0.1) is 0 Å². The lowest BCUT2D eigenvalue weighted by Gasteiger charge is -2.08. The van der Waals surface area contributed by atoms with Gasteiger partial charge in [-0.1, -0.05) is 0 Å². The Balaban J connectivity index is 2.86. The van der Waals surface area contributed by atoms with E-state index in [1.54, 1.807) is 14.1 Å². The fourth-order valence-corrected chi connectivity index (χ4v) is 0.761. The molecule has 1 aromatic rings. The third kappa shape index (κ3) is 2.14. The summed E-state index contributed by atoms with van der Waals surface area (Å²) < 4.78 is 4.81. The Morgan fingerprint density at radius 1 is 1.38 bits per heavy atom. The average Bonchev–Trinajstić information content (AvgIpc) is 2.17. The summed E-state index contributed by atoms with van der Waals surface area (Å²) in [5.74, 6) is 0.227. The van der Waals surface area contributed by atoms with E-state index >= 15 is 0 Å². The fourth-order valence-electron chi connectivity index (χ4n) is 0.761. The minimum absolute atomic E-state index is 0.171. The van der Waals surface area contributed by atoms with E-state index in [1.165, 1.54) is 24.4 Å². The van der Waals surface area contributed by atoms with E-state index in [0.29, 0.717) is 11.6 Å². The van der Waals surface area contributed by atoms with E-state index in [1.807, 2.05) is 0 Å². The number of carbonyl (C=O) groups excluding carboxylic acids is 1. The van der Waals surface area contributed by atoms with E-state index in [0.717, 1.165) is 0 Å². The van der Waals surface area contributed by atoms with Crippen molar-refractivity contribution >= 4 is 5.91 Å². The van der Waals surface area contributed by atoms with Crippen LogP contribution in [0.4, 0.5) is 0 Å². The van der Waals surface area contributed by atoms with Gasteiger partial charge in [-0.2, -0.15) is 0 Å². The predicted molar refractivity (Wildman–Crippen MR) is 46.6 cm³/mol. The van der Waals surface area contributed by atoms with Gasteiger partial charge in [-0.3, -0.25) is 4.79 Å². The van der Waals surface area contributed by atoms with Crippen LogP contribution in [0.5, 0.6) is 5.88 Å². The van der Waals surface area contributed by atoms with Gasteiger partial charge in [0.15, 0.2) is 0 Å². The number of carbonyl (C=O) groups is 1. The van der Waals surface area contributed by atoms with Gasteiger partial charge in [0.25, 0.3) is 5.91 Å². The highest BCUT2D eigenvalue weighted by Gasteiger charge is 2.09. The highest BCUT2D eigenvalue weighted by Crippen LogP contribution is 2.03. The molecule has 0 bridgehead atoms. The molecule has 0 N–H and O–H groups in total. The lowest BCUT2D eigenvalue weighted by Crippen LogP contribution is -2.22. The smallest absolute Gasteiger partial charge is 0.273 e. The molecule has 0 atom stereocenters. The number of rotatable bonds is 2. The Hall–Kier alpha value is -1.65. The summed E-state index contributed by atoms with van der Waals surface area (Å²) in [5.41, 5.74) is 0.311. The van der Waals surface area contributed by atoms with Gasteiger partial charge in [0.1, 0.15) is 5.69 Å². The molecule has 0 aliphatic carbocycles. The van der Waals surface area contributed by atoms with E-state index in [9.17, 15) is 4.79 Å². The zero-order chi connectivity index (χ0) is 9.84. The van der Waals surface area contributed by atoms with Gasteiger partial charge in [0.2, 0.25) is 5.88 Å². The fraction of sp³-hybridized carbons (Fsp3) is 0.375. The van der Waals surface area contributed by atoms with Crippen molar-refractivity contribution in [1.29, 1.82) is 0 Å². The second-order valence-corrected chi connectivity index (χ2v) is 2.64. The van der Waals surface area contributed by atoms with Crippen molar-refractivity contribution in [2.24, 2.45) is 0 Å². The van der Waals surface area contributed by atoms with Crippen LogP contribution in [0.25, 0.3) is 0 Å². The van der Waals surface area contributed by atoms with Crippen molar-refractivity contribution in [3.05, 3.63) is 18.1 Å². The maximum atomic E-state index is 11.3. The summed E-state index contributed by atoms with van der Waals surface area (Å²) in [4.78, 5) is 20.5. The van der Waals surface area contributed by atoms with Gasteiger partial charge in [0.05, 0.1) is 19.5 Å². The van der Waals surface area contributed by atoms with Crippen LogP contribution in [-0.4, -0.2) is 42.0 Å². The molecule has 0 aliphatic rings. The number of methoxy groups -OCH3 is 1. The van der Waals surface area contributed by atoms with E-state index in [4.69, 9.17) is 4.74 Å². The summed E-state index contributed by atoms with van der Waals surface area (Å²) in [5, 5.41) is 0. The Morgan fingerprint density at radius 2 is 2.08 bits per heavy atom. The number of ether oxygens (including phenoxy) is 1. The molecule has 0 spiro atoms. The number of hydrogen-bond acceptors (Lipinski definition) is 4. The van der Waals surface area contributed by atoms with Crippen molar-refractivity contribution in [1.82, 2.24) is 14.9 Å². The number of amides is 1. The first-order valence-corrected chi connectivity index (χ1v) is 3.73. The highest BCUT2D eigenvalue weighted by molar-refractivity contribution is 5.91. The molecule has 1 aromatic heterocycles. The Kier molecular flexibility index (Phi) is 2.79. The number of aromatic nitrogens is 2. The van der Waals surface area contributed by atoms with Crippen LogP contribution in [0.15, 0.2) is 12.4 Å². The molecule has 0 aromatic carbocycles. The Labute approximate surface area is 76.4 Å². The van der Waals surface area contributed by atoms with Crippen molar-refractivity contribution in [3.8, 4) is 5.88 Å². The topological polar surface area (TPSA) is 55.3 Å². The Bertz CT molecular complexity index is 295. The van der Waals surface area contributed by atoms with Crippen LogP contribution >= 0.6 is 0 Å². The van der Waals surface area contributed by atoms with Crippen molar-refractivity contribution in [2.45, 2.75) is 0 Å². The molecule has 70 valence electrons. The average molecular weight is 181 g/mol. The van der Waals surface area contributed by atoms with Crippen LogP contribution < -0.4 is 4.74 Å². The first-order valence-electron chi connectivity index (χ1n) is 3.73. The first-order chi connectivity index (χ1) is 6.15. The van der Waals surface area contributed by atoms with Gasteiger partial charge in [0, 0.05) is 14.1 Å². The standard InChI is InChI=1S/C8H11N3O2/c1-11(2)8(12)6-4-10-7(13-3)5-9-6/h4-5H,1-3H3. The van der Waals surface area contributed by atoms with E-state index in [-0.39, 0.29) is 5.91 Å².